The predicted molar refractivity (Wildman–Crippen MR) is 118 cm³/mol. The first kappa shape index (κ1) is 23.5. The number of hydrogen-bond donors (Lipinski definition) is 1. The summed E-state index contributed by atoms with van der Waals surface area (Å²) in [4.78, 5) is 39.4. The van der Waals surface area contributed by atoms with E-state index in [2.05, 4.69) is 0 Å². The Hall–Kier alpha value is -3.19. The van der Waals surface area contributed by atoms with Gasteiger partial charge in [0.05, 0.1) is 19.1 Å². The van der Waals surface area contributed by atoms with Crippen LogP contribution in [0.3, 0.4) is 0 Å². The van der Waals surface area contributed by atoms with Crippen LogP contribution in [0.4, 0.5) is 4.79 Å². The molecule has 170 valence electrons. The molecule has 2 amide bonds. The fourth-order valence-electron chi connectivity index (χ4n) is 4.08. The molecule has 0 radical (unpaired) electrons. The zero-order valence-corrected chi connectivity index (χ0v) is 18.4. The number of methoxy groups -OCH3 is 1. The van der Waals surface area contributed by atoms with E-state index in [0.717, 1.165) is 23.1 Å². The molecular weight excluding hydrogens is 410 g/mol. The minimum Gasteiger partial charge on any atom is -0.467 e. The number of ether oxygens (including phenoxy) is 2. The van der Waals surface area contributed by atoms with E-state index < -0.39 is 35.5 Å². The van der Waals surface area contributed by atoms with Gasteiger partial charge in [0.25, 0.3) is 0 Å². The fourth-order valence-corrected chi connectivity index (χ4v) is 4.08. The van der Waals surface area contributed by atoms with E-state index in [1.807, 2.05) is 60.7 Å². The second-order valence-electron chi connectivity index (χ2n) is 8.20. The average Bonchev–Trinajstić information content (AvgIpc) is 3.16. The van der Waals surface area contributed by atoms with E-state index in [9.17, 15) is 19.5 Å². The molecule has 1 heterocycles. The molecule has 32 heavy (non-hydrogen) atoms. The monoisotopic (exact) mass is 439 g/mol. The van der Waals surface area contributed by atoms with Crippen LogP contribution in [0.15, 0.2) is 60.7 Å². The summed E-state index contributed by atoms with van der Waals surface area (Å²) in [5.41, 5.74) is -0.0456. The molecule has 1 N–H and O–H groups in total. The van der Waals surface area contributed by atoms with Gasteiger partial charge < -0.3 is 14.6 Å². The summed E-state index contributed by atoms with van der Waals surface area (Å²) in [7, 11) is 1.16. The highest BCUT2D eigenvalue weighted by molar-refractivity contribution is 5.98. The van der Waals surface area contributed by atoms with Gasteiger partial charge in [-0.1, -0.05) is 60.7 Å². The molecule has 7 heteroatoms. The van der Waals surface area contributed by atoms with Crippen LogP contribution in [0, 0.1) is 5.92 Å². The highest BCUT2D eigenvalue weighted by atomic mass is 16.6. The second-order valence-corrected chi connectivity index (χ2v) is 8.20. The number of esters is 1. The van der Waals surface area contributed by atoms with Crippen LogP contribution >= 0.6 is 0 Å². The number of cyclic esters (lactones) is 1. The molecule has 2 aromatic rings. The maximum Gasteiger partial charge on any atom is 0.416 e. The molecule has 0 saturated carbocycles. The van der Waals surface area contributed by atoms with E-state index in [-0.39, 0.29) is 13.0 Å². The van der Waals surface area contributed by atoms with E-state index in [1.165, 1.54) is 6.92 Å². The summed E-state index contributed by atoms with van der Waals surface area (Å²) >= 11 is 0. The van der Waals surface area contributed by atoms with Crippen LogP contribution in [-0.4, -0.2) is 53.3 Å². The van der Waals surface area contributed by atoms with Gasteiger partial charge in [0.2, 0.25) is 5.91 Å². The average molecular weight is 440 g/mol. The Balaban J connectivity index is 1.80. The van der Waals surface area contributed by atoms with Crippen molar-refractivity contribution in [3.05, 3.63) is 71.8 Å². The standard InChI is InChI=1S/C25H29NO6/c1-25(30,23(28)31-2)21(15-9-14-18-10-5-3-6-11-18)22(27)26-20(17-32-24(26)29)16-19-12-7-4-8-13-19/h3-8,10-13,20-21,30H,9,14-17H2,1-2H3/t20-,21-,25-/m1/s1. The first-order chi connectivity index (χ1) is 15.3. The van der Waals surface area contributed by atoms with Crippen LogP contribution in [0.2, 0.25) is 0 Å². The van der Waals surface area contributed by atoms with Crippen molar-refractivity contribution in [2.75, 3.05) is 13.7 Å². The van der Waals surface area contributed by atoms with Crippen molar-refractivity contribution in [2.45, 2.75) is 44.2 Å². The van der Waals surface area contributed by atoms with E-state index in [0.29, 0.717) is 19.3 Å². The van der Waals surface area contributed by atoms with E-state index >= 15 is 0 Å². The Morgan fingerprint density at radius 2 is 1.72 bits per heavy atom. The van der Waals surface area contributed by atoms with Crippen LogP contribution in [-0.2, 0) is 31.9 Å². The zero-order chi connectivity index (χ0) is 23.1. The number of carbonyl (C=O) groups is 3. The number of hydrogen-bond acceptors (Lipinski definition) is 6. The van der Waals surface area contributed by atoms with Gasteiger partial charge in [-0.2, -0.15) is 0 Å². The third-order valence-electron chi connectivity index (χ3n) is 5.89. The molecule has 1 saturated heterocycles. The molecule has 3 rings (SSSR count). The summed E-state index contributed by atoms with van der Waals surface area (Å²) in [5.74, 6) is -2.69. The smallest absolute Gasteiger partial charge is 0.416 e. The quantitative estimate of drug-likeness (QED) is 0.604. The number of nitrogens with zero attached hydrogens (tertiary/aromatic N) is 1. The van der Waals surface area contributed by atoms with Crippen molar-refractivity contribution in [3.63, 3.8) is 0 Å². The van der Waals surface area contributed by atoms with Gasteiger partial charge in [-0.05, 0) is 43.7 Å². The summed E-state index contributed by atoms with van der Waals surface area (Å²) in [6.07, 6.45) is 1.08. The highest BCUT2D eigenvalue weighted by Gasteiger charge is 2.50. The maximum atomic E-state index is 13.5. The Labute approximate surface area is 187 Å². The minimum atomic E-state index is -2.08. The molecule has 1 fully saturated rings. The van der Waals surface area contributed by atoms with Gasteiger partial charge in [-0.25, -0.2) is 14.5 Å². The molecule has 1 aliphatic heterocycles. The second kappa shape index (κ2) is 10.4. The molecule has 1 aliphatic rings. The van der Waals surface area contributed by atoms with Crippen molar-refractivity contribution in [1.29, 1.82) is 0 Å². The molecule has 0 unspecified atom stereocenters. The van der Waals surface area contributed by atoms with Crippen LogP contribution in [0.5, 0.6) is 0 Å². The first-order valence-corrected chi connectivity index (χ1v) is 10.7. The number of amides is 2. The number of rotatable bonds is 9. The van der Waals surface area contributed by atoms with Crippen molar-refractivity contribution in [3.8, 4) is 0 Å². The molecular formula is C25H29NO6. The minimum absolute atomic E-state index is 0.0660. The number of aliphatic hydroxyl groups is 1. The molecule has 0 spiro atoms. The number of imide groups is 1. The molecule has 2 aromatic carbocycles. The molecule has 3 atom stereocenters. The zero-order valence-electron chi connectivity index (χ0n) is 18.4. The Kier molecular flexibility index (Phi) is 7.64. The normalized spacial score (nSPS) is 18.5. The summed E-state index contributed by atoms with van der Waals surface area (Å²) in [6, 6.07) is 18.7. The van der Waals surface area contributed by atoms with Gasteiger partial charge in [-0.15, -0.1) is 0 Å². The Bertz CT molecular complexity index is 928. The van der Waals surface area contributed by atoms with Crippen molar-refractivity contribution in [2.24, 2.45) is 5.92 Å². The van der Waals surface area contributed by atoms with E-state index in [4.69, 9.17) is 9.47 Å². The van der Waals surface area contributed by atoms with Gasteiger partial charge in [0.15, 0.2) is 5.60 Å². The van der Waals surface area contributed by atoms with Crippen LogP contribution in [0.1, 0.15) is 30.9 Å². The van der Waals surface area contributed by atoms with Gasteiger partial charge in [0.1, 0.15) is 6.61 Å². The van der Waals surface area contributed by atoms with Crippen LogP contribution in [0.25, 0.3) is 0 Å². The summed E-state index contributed by atoms with van der Waals surface area (Å²) < 4.78 is 9.91. The molecule has 7 nitrogen and oxygen atoms in total. The van der Waals surface area contributed by atoms with Crippen molar-refractivity contribution >= 4 is 18.0 Å². The van der Waals surface area contributed by atoms with Gasteiger partial charge in [0, 0.05) is 0 Å². The van der Waals surface area contributed by atoms with Gasteiger partial charge >= 0.3 is 12.1 Å². The predicted octanol–water partition coefficient (Wildman–Crippen LogP) is 3.14. The largest absolute Gasteiger partial charge is 0.467 e. The Morgan fingerprint density at radius 1 is 1.12 bits per heavy atom. The number of benzene rings is 2. The number of carbonyl (C=O) groups excluding carboxylic acids is 3. The summed E-state index contributed by atoms with van der Waals surface area (Å²) in [6.45, 7) is 1.33. The molecule has 0 bridgehead atoms. The molecule has 0 aromatic heterocycles. The maximum absolute atomic E-state index is 13.5. The lowest BCUT2D eigenvalue weighted by molar-refractivity contribution is -0.172. The van der Waals surface area contributed by atoms with E-state index in [1.54, 1.807) is 0 Å². The molecule has 0 aliphatic carbocycles. The lowest BCUT2D eigenvalue weighted by Gasteiger charge is -2.32. The first-order valence-electron chi connectivity index (χ1n) is 10.7. The number of aryl methyl sites for hydroxylation is 1. The fraction of sp³-hybridized carbons (Fsp3) is 0.400. The van der Waals surface area contributed by atoms with Crippen molar-refractivity contribution < 1.29 is 29.0 Å². The Morgan fingerprint density at radius 3 is 2.31 bits per heavy atom. The highest BCUT2D eigenvalue weighted by Crippen LogP contribution is 2.30. The third-order valence-corrected chi connectivity index (χ3v) is 5.89. The topological polar surface area (TPSA) is 93.1 Å². The third kappa shape index (κ3) is 5.34. The van der Waals surface area contributed by atoms with Gasteiger partial charge in [-0.3, -0.25) is 4.79 Å². The SMILES string of the molecule is COC(=O)[C@](C)(O)[C@H](CCCc1ccccc1)C(=O)N1C(=O)OC[C@H]1Cc1ccccc1. The van der Waals surface area contributed by atoms with Crippen LogP contribution < -0.4 is 0 Å². The summed E-state index contributed by atoms with van der Waals surface area (Å²) in [5, 5.41) is 11.0. The van der Waals surface area contributed by atoms with Crippen molar-refractivity contribution in [1.82, 2.24) is 4.90 Å². The lowest BCUT2D eigenvalue weighted by atomic mass is 9.83. The lowest BCUT2D eigenvalue weighted by Crippen LogP contribution is -2.54.